The molecule has 0 atom stereocenters. The van der Waals surface area contributed by atoms with Crippen molar-refractivity contribution in [3.05, 3.63) is 29.3 Å². The van der Waals surface area contributed by atoms with Crippen LogP contribution in [0.2, 0.25) is 0 Å². The molecule has 1 rings (SSSR count). The molecule has 0 aliphatic carbocycles. The molecule has 0 fully saturated rings. The van der Waals surface area contributed by atoms with Crippen LogP contribution in [0.25, 0.3) is 0 Å². The van der Waals surface area contributed by atoms with Crippen LogP contribution in [0, 0.1) is 6.92 Å². The van der Waals surface area contributed by atoms with E-state index in [9.17, 15) is 17.2 Å². The molecule has 0 heterocycles. The first kappa shape index (κ1) is 15.0. The summed E-state index contributed by atoms with van der Waals surface area (Å²) in [5.74, 6) is 0. The Morgan fingerprint density at radius 2 is 2.00 bits per heavy atom. The fourth-order valence-electron chi connectivity index (χ4n) is 1.53. The number of hydrogen-bond donors (Lipinski definition) is 1. The maximum absolute atomic E-state index is 12.2. The molecule has 0 spiro atoms. The maximum atomic E-state index is 12.2. The molecule has 4 nitrogen and oxygen atoms in total. The van der Waals surface area contributed by atoms with Crippen LogP contribution >= 0.6 is 0 Å². The molecule has 18 heavy (non-hydrogen) atoms. The van der Waals surface area contributed by atoms with Gasteiger partial charge in [-0.25, -0.2) is 17.2 Å². The number of halogens is 2. The third-order valence-corrected chi connectivity index (χ3v) is 4.46. The Bertz CT molecular complexity index is 518. The van der Waals surface area contributed by atoms with Gasteiger partial charge in [0.2, 0.25) is 10.0 Å². The van der Waals surface area contributed by atoms with Gasteiger partial charge < -0.3 is 5.73 Å². The summed E-state index contributed by atoms with van der Waals surface area (Å²) in [6, 6.07) is 4.42. The van der Waals surface area contributed by atoms with Crippen molar-refractivity contribution in [2.24, 2.45) is 5.73 Å². The third kappa shape index (κ3) is 3.24. The largest absolute Gasteiger partial charge is 0.326 e. The smallest absolute Gasteiger partial charge is 0.252 e. The lowest BCUT2D eigenvalue weighted by molar-refractivity contribution is 0.126. The summed E-state index contributed by atoms with van der Waals surface area (Å²) in [5.41, 5.74) is 7.03. The van der Waals surface area contributed by atoms with Crippen molar-refractivity contribution >= 4 is 10.0 Å². The van der Waals surface area contributed by atoms with Crippen LogP contribution in [0.5, 0.6) is 0 Å². The van der Waals surface area contributed by atoms with Gasteiger partial charge >= 0.3 is 0 Å². The van der Waals surface area contributed by atoms with Crippen LogP contribution in [-0.4, -0.2) is 32.7 Å². The Hall–Kier alpha value is -1.05. The highest BCUT2D eigenvalue weighted by Crippen LogP contribution is 2.19. The fraction of sp³-hybridized carbons (Fsp3) is 0.455. The van der Waals surface area contributed by atoms with Crippen molar-refractivity contribution in [3.63, 3.8) is 0 Å². The Morgan fingerprint density at radius 1 is 1.39 bits per heavy atom. The van der Waals surface area contributed by atoms with Crippen molar-refractivity contribution in [2.45, 2.75) is 24.8 Å². The van der Waals surface area contributed by atoms with E-state index in [2.05, 4.69) is 0 Å². The van der Waals surface area contributed by atoms with Gasteiger partial charge in [-0.3, -0.25) is 0 Å². The lowest BCUT2D eigenvalue weighted by Gasteiger charge is -2.17. The molecule has 1 aromatic carbocycles. The normalized spacial score (nSPS) is 12.4. The lowest BCUT2D eigenvalue weighted by atomic mass is 10.1. The van der Waals surface area contributed by atoms with Crippen LogP contribution in [0.3, 0.4) is 0 Å². The monoisotopic (exact) mass is 278 g/mol. The van der Waals surface area contributed by atoms with Crippen molar-refractivity contribution in [1.29, 1.82) is 0 Å². The van der Waals surface area contributed by atoms with Crippen LogP contribution in [-0.2, 0) is 16.6 Å². The second kappa shape index (κ2) is 5.73. The summed E-state index contributed by atoms with van der Waals surface area (Å²) in [4.78, 5) is 0.000324. The van der Waals surface area contributed by atoms with Gasteiger partial charge in [0, 0.05) is 13.6 Å². The number of benzene rings is 1. The third-order valence-electron chi connectivity index (χ3n) is 2.64. The number of sulfonamides is 1. The first-order valence-electron chi connectivity index (χ1n) is 5.33. The van der Waals surface area contributed by atoms with Gasteiger partial charge in [-0.2, -0.15) is 4.31 Å². The second-order valence-corrected chi connectivity index (χ2v) is 6.01. The standard InChI is InChI=1S/C11H16F2N2O2S/c1-8-5-10(4-3-9(8)6-14)18(16,17)15(2)7-11(12)13/h3-5,11H,6-7,14H2,1-2H3. The van der Waals surface area contributed by atoms with Gasteiger partial charge in [0.1, 0.15) is 0 Å². The van der Waals surface area contributed by atoms with Crippen molar-refractivity contribution in [3.8, 4) is 0 Å². The quantitative estimate of drug-likeness (QED) is 0.884. The first-order valence-corrected chi connectivity index (χ1v) is 6.77. The average molecular weight is 278 g/mol. The second-order valence-electron chi connectivity index (χ2n) is 3.97. The molecule has 0 aliphatic rings. The zero-order valence-corrected chi connectivity index (χ0v) is 11.0. The summed E-state index contributed by atoms with van der Waals surface area (Å²) < 4.78 is 49.0. The zero-order valence-electron chi connectivity index (χ0n) is 10.2. The van der Waals surface area contributed by atoms with Gasteiger partial charge in [0.15, 0.2) is 0 Å². The first-order chi connectivity index (χ1) is 8.28. The Balaban J connectivity index is 3.09. The van der Waals surface area contributed by atoms with E-state index >= 15 is 0 Å². The molecule has 0 saturated carbocycles. The Kier molecular flexibility index (Phi) is 4.78. The molecular weight excluding hydrogens is 262 g/mol. The molecule has 2 N–H and O–H groups in total. The van der Waals surface area contributed by atoms with Gasteiger partial charge in [-0.1, -0.05) is 6.07 Å². The van der Waals surface area contributed by atoms with Gasteiger partial charge in [-0.05, 0) is 30.2 Å². The molecule has 7 heteroatoms. The van der Waals surface area contributed by atoms with Crippen LogP contribution in [0.15, 0.2) is 23.1 Å². The summed E-state index contributed by atoms with van der Waals surface area (Å²) in [7, 11) is -2.74. The molecule has 102 valence electrons. The minimum absolute atomic E-state index is 0.000324. The van der Waals surface area contributed by atoms with Gasteiger partial charge in [-0.15, -0.1) is 0 Å². The molecule has 0 bridgehead atoms. The number of nitrogens with zero attached hydrogens (tertiary/aromatic N) is 1. The van der Waals surface area contributed by atoms with Crippen LogP contribution in [0.4, 0.5) is 8.78 Å². The molecule has 1 aromatic rings. The molecule has 0 aliphatic heterocycles. The highest BCUT2D eigenvalue weighted by molar-refractivity contribution is 7.89. The van der Waals surface area contributed by atoms with E-state index < -0.39 is 23.0 Å². The molecule has 0 aromatic heterocycles. The van der Waals surface area contributed by atoms with E-state index in [4.69, 9.17) is 5.73 Å². The summed E-state index contributed by atoms with van der Waals surface area (Å²) in [5, 5.41) is 0. The van der Waals surface area contributed by atoms with E-state index in [1.54, 1.807) is 13.0 Å². The molecule has 0 amide bonds. The average Bonchev–Trinajstić information content (AvgIpc) is 2.27. The number of rotatable bonds is 5. The molecule has 0 saturated heterocycles. The minimum atomic E-state index is -3.87. The van der Waals surface area contributed by atoms with Crippen molar-refractivity contribution in [1.82, 2.24) is 4.31 Å². The molecule has 0 unspecified atom stereocenters. The van der Waals surface area contributed by atoms with Gasteiger partial charge in [0.25, 0.3) is 6.43 Å². The van der Waals surface area contributed by atoms with E-state index in [0.29, 0.717) is 10.8 Å². The number of hydrogen-bond acceptors (Lipinski definition) is 3. The molecule has 0 radical (unpaired) electrons. The number of alkyl halides is 2. The van der Waals surface area contributed by atoms with Crippen molar-refractivity contribution in [2.75, 3.05) is 13.6 Å². The zero-order chi connectivity index (χ0) is 13.9. The number of nitrogens with two attached hydrogens (primary N) is 1. The lowest BCUT2D eigenvalue weighted by Crippen LogP contribution is -2.31. The van der Waals surface area contributed by atoms with E-state index in [0.717, 1.165) is 18.2 Å². The van der Waals surface area contributed by atoms with Crippen LogP contribution < -0.4 is 5.73 Å². The fourth-order valence-corrected chi connectivity index (χ4v) is 2.76. The van der Waals surface area contributed by atoms with Gasteiger partial charge in [0.05, 0.1) is 11.4 Å². The van der Waals surface area contributed by atoms with Crippen LogP contribution in [0.1, 0.15) is 11.1 Å². The minimum Gasteiger partial charge on any atom is -0.326 e. The maximum Gasteiger partial charge on any atom is 0.252 e. The highest BCUT2D eigenvalue weighted by Gasteiger charge is 2.23. The summed E-state index contributed by atoms with van der Waals surface area (Å²) in [6.07, 6.45) is -2.70. The van der Waals surface area contributed by atoms with Crippen molar-refractivity contribution < 1.29 is 17.2 Å². The summed E-state index contributed by atoms with van der Waals surface area (Å²) >= 11 is 0. The van der Waals surface area contributed by atoms with E-state index in [-0.39, 0.29) is 4.90 Å². The number of aryl methyl sites for hydroxylation is 1. The summed E-state index contributed by atoms with van der Waals surface area (Å²) in [6.45, 7) is 1.22. The molecular formula is C11H16F2N2O2S. The topological polar surface area (TPSA) is 63.4 Å². The highest BCUT2D eigenvalue weighted by atomic mass is 32.2. The predicted octanol–water partition coefficient (Wildman–Crippen LogP) is 1.34. The predicted molar refractivity (Wildman–Crippen MR) is 64.9 cm³/mol. The van der Waals surface area contributed by atoms with E-state index in [1.807, 2.05) is 0 Å². The Morgan fingerprint density at radius 3 is 2.44 bits per heavy atom. The van der Waals surface area contributed by atoms with E-state index in [1.165, 1.54) is 12.1 Å². The Labute approximate surface area is 105 Å². The SMILES string of the molecule is Cc1cc(S(=O)(=O)N(C)CC(F)F)ccc1CN.